The van der Waals surface area contributed by atoms with Gasteiger partial charge in [0, 0.05) is 50.2 Å². The fourth-order valence-electron chi connectivity index (χ4n) is 2.91. The lowest BCUT2D eigenvalue weighted by atomic mass is 10.0. The van der Waals surface area contributed by atoms with E-state index >= 15 is 0 Å². The molecule has 0 spiro atoms. The van der Waals surface area contributed by atoms with Gasteiger partial charge in [-0.3, -0.25) is 4.90 Å². The van der Waals surface area contributed by atoms with Crippen molar-refractivity contribution in [2.24, 2.45) is 13.0 Å². The Morgan fingerprint density at radius 1 is 1.27 bits per heavy atom. The first-order valence-corrected chi connectivity index (χ1v) is 7.73. The van der Waals surface area contributed by atoms with E-state index < -0.39 is 0 Å². The van der Waals surface area contributed by atoms with E-state index in [0.29, 0.717) is 5.92 Å². The summed E-state index contributed by atoms with van der Waals surface area (Å²) in [6.07, 6.45) is 6.51. The minimum absolute atomic E-state index is 0.459. The maximum absolute atomic E-state index is 5.77. The lowest BCUT2D eigenvalue weighted by molar-refractivity contribution is 0.121. The average molecular weight is 301 g/mol. The zero-order valence-electron chi connectivity index (χ0n) is 13.3. The highest BCUT2D eigenvalue weighted by molar-refractivity contribution is 5.07. The summed E-state index contributed by atoms with van der Waals surface area (Å²) in [6.45, 7) is 6.43. The standard InChI is InChI=1S/C16H23N5O/c1-13-5-15(18-11-17-13)6-14-7-21(3-4-22-10-14)9-16-8-20(2)12-19-16/h5,8,11-12,14H,3-4,6-7,9-10H2,1-2H3/t14-/m0/s1. The Hall–Kier alpha value is -1.79. The monoisotopic (exact) mass is 301 g/mol. The summed E-state index contributed by atoms with van der Waals surface area (Å²) in [5.74, 6) is 0.459. The van der Waals surface area contributed by atoms with Crippen molar-refractivity contribution in [1.29, 1.82) is 0 Å². The van der Waals surface area contributed by atoms with Crippen molar-refractivity contribution in [3.63, 3.8) is 0 Å². The second-order valence-corrected chi connectivity index (χ2v) is 6.06. The predicted octanol–water partition coefficient (Wildman–Crippen LogP) is 1.21. The Morgan fingerprint density at radius 2 is 2.18 bits per heavy atom. The van der Waals surface area contributed by atoms with Gasteiger partial charge in [0.15, 0.2) is 0 Å². The average Bonchev–Trinajstić information content (AvgIpc) is 2.75. The molecule has 1 saturated heterocycles. The van der Waals surface area contributed by atoms with Crippen molar-refractivity contribution in [1.82, 2.24) is 24.4 Å². The van der Waals surface area contributed by atoms with Gasteiger partial charge in [0.1, 0.15) is 6.33 Å². The molecule has 1 fully saturated rings. The smallest absolute Gasteiger partial charge is 0.115 e. The molecule has 118 valence electrons. The van der Waals surface area contributed by atoms with Crippen molar-refractivity contribution in [2.75, 3.05) is 26.3 Å². The molecule has 22 heavy (non-hydrogen) atoms. The summed E-state index contributed by atoms with van der Waals surface area (Å²) >= 11 is 0. The van der Waals surface area contributed by atoms with Gasteiger partial charge < -0.3 is 9.30 Å². The van der Waals surface area contributed by atoms with Gasteiger partial charge >= 0.3 is 0 Å². The van der Waals surface area contributed by atoms with Gasteiger partial charge in [0.05, 0.1) is 25.2 Å². The highest BCUT2D eigenvalue weighted by atomic mass is 16.5. The van der Waals surface area contributed by atoms with Crippen LogP contribution in [0.4, 0.5) is 0 Å². The van der Waals surface area contributed by atoms with Crippen LogP contribution in [0.5, 0.6) is 0 Å². The summed E-state index contributed by atoms with van der Waals surface area (Å²) in [6, 6.07) is 2.06. The number of hydrogen-bond donors (Lipinski definition) is 0. The van der Waals surface area contributed by atoms with Gasteiger partial charge in [0.2, 0.25) is 0 Å². The van der Waals surface area contributed by atoms with Crippen molar-refractivity contribution in [3.8, 4) is 0 Å². The third-order valence-electron chi connectivity index (χ3n) is 3.92. The Kier molecular flexibility index (Phi) is 4.80. The molecule has 6 heteroatoms. The lowest BCUT2D eigenvalue weighted by Crippen LogP contribution is -2.30. The Bertz CT molecular complexity index is 612. The molecule has 0 aliphatic carbocycles. The Labute approximate surface area is 131 Å². The number of aryl methyl sites for hydroxylation is 2. The number of rotatable bonds is 4. The molecule has 1 atom stereocenters. The van der Waals surface area contributed by atoms with Crippen molar-refractivity contribution in [3.05, 3.63) is 42.0 Å². The molecule has 0 amide bonds. The van der Waals surface area contributed by atoms with E-state index in [4.69, 9.17) is 4.74 Å². The van der Waals surface area contributed by atoms with Gasteiger partial charge in [-0.2, -0.15) is 0 Å². The van der Waals surface area contributed by atoms with E-state index in [2.05, 4.69) is 32.1 Å². The van der Waals surface area contributed by atoms with Crippen LogP contribution < -0.4 is 0 Å². The van der Waals surface area contributed by atoms with Crippen LogP contribution in [-0.2, 0) is 24.8 Å². The zero-order valence-corrected chi connectivity index (χ0v) is 13.3. The second-order valence-electron chi connectivity index (χ2n) is 6.06. The zero-order chi connectivity index (χ0) is 15.4. The summed E-state index contributed by atoms with van der Waals surface area (Å²) in [4.78, 5) is 15.4. The van der Waals surface area contributed by atoms with Crippen LogP contribution >= 0.6 is 0 Å². The summed E-state index contributed by atoms with van der Waals surface area (Å²) in [5.41, 5.74) is 3.23. The van der Waals surface area contributed by atoms with Gasteiger partial charge in [-0.1, -0.05) is 0 Å². The van der Waals surface area contributed by atoms with Gasteiger partial charge in [-0.25, -0.2) is 15.0 Å². The molecule has 1 aliphatic heterocycles. The van der Waals surface area contributed by atoms with Crippen LogP contribution in [0.3, 0.4) is 0 Å². The normalized spacial score (nSPS) is 20.0. The van der Waals surface area contributed by atoms with Crippen LogP contribution in [0.2, 0.25) is 0 Å². The summed E-state index contributed by atoms with van der Waals surface area (Å²) < 4.78 is 7.76. The van der Waals surface area contributed by atoms with Crippen LogP contribution in [-0.4, -0.2) is 50.7 Å². The number of ether oxygens (including phenoxy) is 1. The minimum Gasteiger partial charge on any atom is -0.380 e. The van der Waals surface area contributed by atoms with E-state index in [1.807, 2.05) is 24.9 Å². The Morgan fingerprint density at radius 3 is 2.95 bits per heavy atom. The molecule has 0 aromatic carbocycles. The summed E-state index contributed by atoms with van der Waals surface area (Å²) in [5, 5.41) is 0. The molecule has 2 aromatic heterocycles. The highest BCUT2D eigenvalue weighted by Gasteiger charge is 2.20. The third-order valence-corrected chi connectivity index (χ3v) is 3.92. The highest BCUT2D eigenvalue weighted by Crippen LogP contribution is 2.14. The van der Waals surface area contributed by atoms with Crippen LogP contribution in [0.1, 0.15) is 17.1 Å². The van der Waals surface area contributed by atoms with E-state index in [1.54, 1.807) is 6.33 Å². The van der Waals surface area contributed by atoms with E-state index in [1.165, 1.54) is 0 Å². The molecule has 3 heterocycles. The predicted molar refractivity (Wildman–Crippen MR) is 83.3 cm³/mol. The number of imidazole rings is 1. The van der Waals surface area contributed by atoms with Crippen LogP contribution in [0, 0.1) is 12.8 Å². The Balaban J connectivity index is 1.62. The molecule has 0 N–H and O–H groups in total. The molecule has 0 saturated carbocycles. The minimum atomic E-state index is 0.459. The fraction of sp³-hybridized carbons (Fsp3) is 0.562. The van der Waals surface area contributed by atoms with E-state index in [-0.39, 0.29) is 0 Å². The van der Waals surface area contributed by atoms with Gasteiger partial charge in [-0.05, 0) is 19.4 Å². The first-order valence-electron chi connectivity index (χ1n) is 7.73. The SMILES string of the molecule is Cc1cc(C[C@@H]2COCCN(Cc3cn(C)cn3)C2)ncn1. The van der Waals surface area contributed by atoms with Crippen molar-refractivity contribution < 1.29 is 4.74 Å². The van der Waals surface area contributed by atoms with Crippen LogP contribution in [0.25, 0.3) is 0 Å². The lowest BCUT2D eigenvalue weighted by Gasteiger charge is -2.22. The first-order chi connectivity index (χ1) is 10.7. The summed E-state index contributed by atoms with van der Waals surface area (Å²) in [7, 11) is 2.00. The van der Waals surface area contributed by atoms with Crippen LogP contribution in [0.15, 0.2) is 24.9 Å². The van der Waals surface area contributed by atoms with Gasteiger partial charge in [-0.15, -0.1) is 0 Å². The second kappa shape index (κ2) is 6.98. The molecular formula is C16H23N5O. The maximum atomic E-state index is 5.77. The molecule has 6 nitrogen and oxygen atoms in total. The fourth-order valence-corrected chi connectivity index (χ4v) is 2.91. The van der Waals surface area contributed by atoms with E-state index in [0.717, 1.165) is 56.4 Å². The quantitative estimate of drug-likeness (QED) is 0.849. The molecule has 1 aliphatic rings. The number of nitrogens with zero attached hydrogens (tertiary/aromatic N) is 5. The molecular weight excluding hydrogens is 278 g/mol. The molecule has 0 radical (unpaired) electrons. The van der Waals surface area contributed by atoms with Crippen molar-refractivity contribution >= 4 is 0 Å². The van der Waals surface area contributed by atoms with Gasteiger partial charge in [0.25, 0.3) is 0 Å². The van der Waals surface area contributed by atoms with Crippen molar-refractivity contribution in [2.45, 2.75) is 19.9 Å². The maximum Gasteiger partial charge on any atom is 0.115 e. The molecule has 2 aromatic rings. The largest absolute Gasteiger partial charge is 0.380 e. The first kappa shape index (κ1) is 15.1. The molecule has 3 rings (SSSR count). The molecule has 0 bridgehead atoms. The third kappa shape index (κ3) is 4.11. The number of aromatic nitrogens is 4. The topological polar surface area (TPSA) is 56.1 Å². The van der Waals surface area contributed by atoms with E-state index in [9.17, 15) is 0 Å². The number of hydrogen-bond acceptors (Lipinski definition) is 5. The molecule has 0 unspecified atom stereocenters.